The van der Waals surface area contributed by atoms with Crippen LogP contribution in [0.3, 0.4) is 0 Å². The number of carbonyl (C=O) groups excluding carboxylic acids is 1. The Bertz CT molecular complexity index is 244. The summed E-state index contributed by atoms with van der Waals surface area (Å²) in [5.74, 6) is -0.286. The van der Waals surface area contributed by atoms with Crippen LogP contribution in [0.25, 0.3) is 0 Å². The van der Waals surface area contributed by atoms with Gasteiger partial charge in [0.1, 0.15) is 6.10 Å². The van der Waals surface area contributed by atoms with Gasteiger partial charge in [0.15, 0.2) is 5.78 Å². The standard InChI is InChI=1S/C13H22O3/c1-3-5-7-9-11(14)13(16)12(15)10-8-6-4-2/h3-6,11,13-14,16H,7-10H2,1-2H3/b5-3+,6-4+/t11-,13-/m0/s1. The smallest absolute Gasteiger partial charge is 0.164 e. The van der Waals surface area contributed by atoms with Gasteiger partial charge in [-0.25, -0.2) is 0 Å². The molecule has 0 aliphatic heterocycles. The molecule has 2 N–H and O–H groups in total. The maximum atomic E-state index is 11.4. The summed E-state index contributed by atoms with van der Waals surface area (Å²) in [6.07, 6.45) is 7.33. The molecule has 0 amide bonds. The van der Waals surface area contributed by atoms with E-state index in [0.717, 1.165) is 0 Å². The van der Waals surface area contributed by atoms with Crippen molar-refractivity contribution in [2.45, 2.75) is 51.7 Å². The molecule has 0 spiro atoms. The quantitative estimate of drug-likeness (QED) is 0.622. The van der Waals surface area contributed by atoms with Gasteiger partial charge in [-0.3, -0.25) is 4.79 Å². The molecule has 92 valence electrons. The zero-order chi connectivity index (χ0) is 12.4. The Morgan fingerprint density at radius 3 is 2.25 bits per heavy atom. The molecule has 0 saturated heterocycles. The molecule has 0 aliphatic rings. The molecule has 0 rings (SSSR count). The first kappa shape index (κ1) is 15.1. The number of carbonyl (C=O) groups is 1. The normalized spacial score (nSPS) is 15.8. The number of hydrogen-bond donors (Lipinski definition) is 2. The van der Waals surface area contributed by atoms with Crippen LogP contribution in [0.5, 0.6) is 0 Å². The van der Waals surface area contributed by atoms with Gasteiger partial charge in [-0.2, -0.15) is 0 Å². The molecular formula is C13H22O3. The van der Waals surface area contributed by atoms with Crippen molar-refractivity contribution in [2.75, 3.05) is 0 Å². The van der Waals surface area contributed by atoms with E-state index in [1.165, 1.54) is 0 Å². The Balaban J connectivity index is 3.90. The van der Waals surface area contributed by atoms with Gasteiger partial charge in [0.2, 0.25) is 0 Å². The van der Waals surface area contributed by atoms with E-state index in [9.17, 15) is 15.0 Å². The van der Waals surface area contributed by atoms with Gasteiger partial charge < -0.3 is 10.2 Å². The summed E-state index contributed by atoms with van der Waals surface area (Å²) in [4.78, 5) is 11.4. The average Bonchev–Trinajstić information content (AvgIpc) is 2.28. The molecule has 0 bridgehead atoms. The Hall–Kier alpha value is -0.930. The van der Waals surface area contributed by atoms with Gasteiger partial charge in [0.25, 0.3) is 0 Å². The van der Waals surface area contributed by atoms with Crippen molar-refractivity contribution < 1.29 is 15.0 Å². The molecule has 0 aliphatic carbocycles. The summed E-state index contributed by atoms with van der Waals surface area (Å²) in [5.41, 5.74) is 0. The molecule has 16 heavy (non-hydrogen) atoms. The predicted octanol–water partition coefficient (Wildman–Crippen LogP) is 1.99. The Kier molecular flexibility index (Phi) is 8.77. The van der Waals surface area contributed by atoms with E-state index >= 15 is 0 Å². The van der Waals surface area contributed by atoms with Crippen LogP contribution in [0, 0.1) is 0 Å². The van der Waals surface area contributed by atoms with Crippen molar-refractivity contribution in [2.24, 2.45) is 0 Å². The van der Waals surface area contributed by atoms with E-state index < -0.39 is 12.2 Å². The first-order valence-electron chi connectivity index (χ1n) is 5.74. The zero-order valence-electron chi connectivity index (χ0n) is 10.1. The number of Topliss-reactive ketones (excluding diaryl/α,β-unsaturated/α-hetero) is 1. The van der Waals surface area contributed by atoms with Crippen LogP contribution in [-0.4, -0.2) is 28.2 Å². The molecule has 0 radical (unpaired) electrons. The fraction of sp³-hybridized carbons (Fsp3) is 0.615. The molecule has 3 nitrogen and oxygen atoms in total. The van der Waals surface area contributed by atoms with Gasteiger partial charge >= 0.3 is 0 Å². The van der Waals surface area contributed by atoms with Crippen LogP contribution in [0.4, 0.5) is 0 Å². The molecule has 0 aromatic carbocycles. The topological polar surface area (TPSA) is 57.5 Å². The lowest BCUT2D eigenvalue weighted by Crippen LogP contribution is -2.33. The van der Waals surface area contributed by atoms with Crippen LogP contribution in [0.15, 0.2) is 24.3 Å². The Morgan fingerprint density at radius 2 is 1.69 bits per heavy atom. The molecule has 0 heterocycles. The zero-order valence-corrected chi connectivity index (χ0v) is 10.1. The molecular weight excluding hydrogens is 204 g/mol. The van der Waals surface area contributed by atoms with Gasteiger partial charge in [0, 0.05) is 6.42 Å². The highest BCUT2D eigenvalue weighted by Crippen LogP contribution is 2.07. The summed E-state index contributed by atoms with van der Waals surface area (Å²) in [5, 5.41) is 19.1. The van der Waals surface area contributed by atoms with E-state index in [4.69, 9.17) is 0 Å². The number of hydrogen-bond acceptors (Lipinski definition) is 3. The molecule has 0 aromatic heterocycles. The highest BCUT2D eigenvalue weighted by molar-refractivity contribution is 5.83. The van der Waals surface area contributed by atoms with E-state index in [0.29, 0.717) is 19.3 Å². The lowest BCUT2D eigenvalue weighted by atomic mass is 10.0. The third-order valence-electron chi connectivity index (χ3n) is 2.35. The van der Waals surface area contributed by atoms with E-state index in [-0.39, 0.29) is 12.2 Å². The van der Waals surface area contributed by atoms with Crippen LogP contribution in [0.1, 0.15) is 39.5 Å². The third kappa shape index (κ3) is 6.53. The largest absolute Gasteiger partial charge is 0.390 e. The minimum atomic E-state index is -1.24. The van der Waals surface area contributed by atoms with Crippen molar-refractivity contribution in [1.82, 2.24) is 0 Å². The number of rotatable bonds is 8. The number of allylic oxidation sites excluding steroid dienone is 4. The van der Waals surface area contributed by atoms with Crippen molar-refractivity contribution in [1.29, 1.82) is 0 Å². The lowest BCUT2D eigenvalue weighted by Gasteiger charge is -2.15. The molecule has 3 heteroatoms. The van der Waals surface area contributed by atoms with Gasteiger partial charge in [0.05, 0.1) is 6.10 Å². The highest BCUT2D eigenvalue weighted by Gasteiger charge is 2.22. The first-order chi connectivity index (χ1) is 7.63. The molecule has 0 saturated carbocycles. The maximum Gasteiger partial charge on any atom is 0.164 e. The van der Waals surface area contributed by atoms with E-state index in [1.807, 2.05) is 38.2 Å². The number of aliphatic hydroxyl groups excluding tert-OH is 2. The van der Waals surface area contributed by atoms with Crippen LogP contribution in [0.2, 0.25) is 0 Å². The summed E-state index contributed by atoms with van der Waals surface area (Å²) in [6, 6.07) is 0. The number of ketones is 1. The summed E-state index contributed by atoms with van der Waals surface area (Å²) in [6.45, 7) is 3.78. The first-order valence-corrected chi connectivity index (χ1v) is 5.74. The monoisotopic (exact) mass is 226 g/mol. The molecule has 0 unspecified atom stereocenters. The minimum Gasteiger partial charge on any atom is -0.390 e. The van der Waals surface area contributed by atoms with Crippen molar-refractivity contribution in [3.63, 3.8) is 0 Å². The Labute approximate surface area is 97.5 Å². The van der Waals surface area contributed by atoms with Crippen LogP contribution in [-0.2, 0) is 4.79 Å². The van der Waals surface area contributed by atoms with Crippen LogP contribution < -0.4 is 0 Å². The second kappa shape index (κ2) is 9.31. The molecule has 2 atom stereocenters. The van der Waals surface area contributed by atoms with E-state index in [2.05, 4.69) is 0 Å². The predicted molar refractivity (Wildman–Crippen MR) is 65.1 cm³/mol. The Morgan fingerprint density at radius 1 is 1.12 bits per heavy atom. The minimum absolute atomic E-state index is 0.284. The third-order valence-corrected chi connectivity index (χ3v) is 2.35. The lowest BCUT2D eigenvalue weighted by molar-refractivity contribution is -0.132. The highest BCUT2D eigenvalue weighted by atomic mass is 16.3. The SMILES string of the molecule is C/C=C/CCC(=O)[C@@H](O)[C@@H](O)CC/C=C/C. The van der Waals surface area contributed by atoms with Crippen LogP contribution >= 0.6 is 0 Å². The average molecular weight is 226 g/mol. The van der Waals surface area contributed by atoms with Crippen molar-refractivity contribution >= 4 is 5.78 Å². The van der Waals surface area contributed by atoms with Crippen molar-refractivity contribution in [3.05, 3.63) is 24.3 Å². The second-order valence-corrected chi connectivity index (χ2v) is 3.73. The van der Waals surface area contributed by atoms with Gasteiger partial charge in [-0.1, -0.05) is 24.3 Å². The summed E-state index contributed by atoms with van der Waals surface area (Å²) in [7, 11) is 0. The fourth-order valence-electron chi connectivity index (χ4n) is 1.35. The van der Waals surface area contributed by atoms with Gasteiger partial charge in [-0.15, -0.1) is 0 Å². The summed E-state index contributed by atoms with van der Waals surface area (Å²) >= 11 is 0. The number of aliphatic hydroxyl groups is 2. The second-order valence-electron chi connectivity index (χ2n) is 3.73. The fourth-order valence-corrected chi connectivity index (χ4v) is 1.35. The molecule has 0 aromatic rings. The summed E-state index contributed by atoms with van der Waals surface area (Å²) < 4.78 is 0. The molecule has 0 fully saturated rings. The van der Waals surface area contributed by atoms with Crippen molar-refractivity contribution in [3.8, 4) is 0 Å². The maximum absolute atomic E-state index is 11.4. The van der Waals surface area contributed by atoms with E-state index in [1.54, 1.807) is 0 Å². The van der Waals surface area contributed by atoms with Gasteiger partial charge in [-0.05, 0) is 33.1 Å².